The van der Waals surface area contributed by atoms with Gasteiger partial charge in [-0.1, -0.05) is 44.5 Å². The van der Waals surface area contributed by atoms with Crippen molar-refractivity contribution in [3.8, 4) is 0 Å². The number of hydrogen-bond donors (Lipinski definition) is 1. The smallest absolute Gasteiger partial charge is 0.0446 e. The van der Waals surface area contributed by atoms with Gasteiger partial charge >= 0.3 is 0 Å². The molecule has 1 saturated heterocycles. The lowest BCUT2D eigenvalue weighted by molar-refractivity contribution is 0.0340. The Kier molecular flexibility index (Phi) is 6.27. The molecule has 1 aromatic rings. The maximum absolute atomic E-state index is 9.38. The molecule has 0 spiro atoms. The summed E-state index contributed by atoms with van der Waals surface area (Å²) in [6.45, 7) is 12.3. The zero-order valence-electron chi connectivity index (χ0n) is 14.1. The number of hydrogen-bond acceptors (Lipinski definition) is 3. The third-order valence-corrected chi connectivity index (χ3v) is 4.36. The van der Waals surface area contributed by atoms with Gasteiger partial charge in [0.2, 0.25) is 0 Å². The summed E-state index contributed by atoms with van der Waals surface area (Å²) in [5.74, 6) is 0. The van der Waals surface area contributed by atoms with Gasteiger partial charge in [-0.15, -0.1) is 0 Å². The van der Waals surface area contributed by atoms with Crippen molar-refractivity contribution in [1.29, 1.82) is 0 Å². The molecule has 1 N–H and O–H groups in total. The van der Waals surface area contributed by atoms with Crippen molar-refractivity contribution in [1.82, 2.24) is 9.80 Å². The van der Waals surface area contributed by atoms with E-state index in [4.69, 9.17) is 11.6 Å². The van der Waals surface area contributed by atoms with E-state index in [0.717, 1.165) is 44.2 Å². The number of rotatable bonds is 5. The van der Waals surface area contributed by atoms with Gasteiger partial charge in [0.1, 0.15) is 0 Å². The molecule has 1 atom stereocenters. The normalized spacial score (nSPS) is 21.2. The predicted octanol–water partition coefficient (Wildman–Crippen LogP) is 3.25. The van der Waals surface area contributed by atoms with E-state index < -0.39 is 0 Å². The molecule has 0 bridgehead atoms. The molecule has 2 rings (SSSR count). The van der Waals surface area contributed by atoms with Gasteiger partial charge < -0.3 is 5.11 Å². The Morgan fingerprint density at radius 1 is 1.27 bits per heavy atom. The number of benzene rings is 1. The highest BCUT2D eigenvalue weighted by atomic mass is 35.5. The van der Waals surface area contributed by atoms with E-state index in [0.29, 0.717) is 11.5 Å². The van der Waals surface area contributed by atoms with E-state index in [-0.39, 0.29) is 6.61 Å². The summed E-state index contributed by atoms with van der Waals surface area (Å²) in [5, 5.41) is 10.2. The average Bonchev–Trinajstić information content (AvgIpc) is 2.41. The van der Waals surface area contributed by atoms with Crippen molar-refractivity contribution < 1.29 is 5.11 Å². The molecule has 0 aromatic heterocycles. The van der Waals surface area contributed by atoms with Gasteiger partial charge in [-0.05, 0) is 29.5 Å². The third kappa shape index (κ3) is 5.54. The first kappa shape index (κ1) is 17.7. The molecule has 1 aromatic carbocycles. The minimum absolute atomic E-state index is 0.260. The van der Waals surface area contributed by atoms with Crippen LogP contribution in [0.3, 0.4) is 0 Å². The Hall–Kier alpha value is -0.610. The molecule has 1 heterocycles. The van der Waals surface area contributed by atoms with E-state index in [1.54, 1.807) is 0 Å². The van der Waals surface area contributed by atoms with Crippen LogP contribution in [0, 0.1) is 5.41 Å². The van der Waals surface area contributed by atoms with Crippen LogP contribution in [-0.2, 0) is 6.54 Å². The van der Waals surface area contributed by atoms with Gasteiger partial charge in [-0.2, -0.15) is 0 Å². The molecule has 1 aliphatic heterocycles. The Balaban J connectivity index is 1.97. The molecule has 3 nitrogen and oxygen atoms in total. The largest absolute Gasteiger partial charge is 0.396 e. The van der Waals surface area contributed by atoms with Crippen molar-refractivity contribution in [2.24, 2.45) is 5.41 Å². The SMILES string of the molecule is CC(C)(C)CN1CCN(Cc2cccc(Cl)c2)C[C@@H]1CCO. The van der Waals surface area contributed by atoms with Gasteiger partial charge in [-0.25, -0.2) is 0 Å². The topological polar surface area (TPSA) is 26.7 Å². The van der Waals surface area contributed by atoms with E-state index in [9.17, 15) is 5.11 Å². The highest BCUT2D eigenvalue weighted by Crippen LogP contribution is 2.22. The van der Waals surface area contributed by atoms with Gasteiger partial charge in [0, 0.05) is 50.4 Å². The predicted molar refractivity (Wildman–Crippen MR) is 93.2 cm³/mol. The average molecular weight is 325 g/mol. The molecule has 4 heteroatoms. The lowest BCUT2D eigenvalue weighted by atomic mass is 9.94. The number of piperazine rings is 1. The third-order valence-electron chi connectivity index (χ3n) is 4.12. The Morgan fingerprint density at radius 2 is 2.05 bits per heavy atom. The molecule has 0 amide bonds. The first-order chi connectivity index (χ1) is 10.4. The Bertz CT molecular complexity index is 472. The minimum atomic E-state index is 0.260. The summed E-state index contributed by atoms with van der Waals surface area (Å²) in [4.78, 5) is 5.02. The van der Waals surface area contributed by atoms with Gasteiger partial charge in [0.05, 0.1) is 0 Å². The van der Waals surface area contributed by atoms with Crippen LogP contribution >= 0.6 is 11.6 Å². The first-order valence-corrected chi connectivity index (χ1v) is 8.57. The van der Waals surface area contributed by atoms with Gasteiger partial charge in [-0.3, -0.25) is 9.80 Å². The van der Waals surface area contributed by atoms with Crippen molar-refractivity contribution in [3.63, 3.8) is 0 Å². The molecule has 0 aliphatic carbocycles. The summed E-state index contributed by atoms with van der Waals surface area (Å²) in [6, 6.07) is 8.55. The van der Waals surface area contributed by atoms with E-state index in [1.165, 1.54) is 5.56 Å². The van der Waals surface area contributed by atoms with E-state index in [1.807, 2.05) is 18.2 Å². The lowest BCUT2D eigenvalue weighted by Crippen LogP contribution is -2.54. The molecule has 22 heavy (non-hydrogen) atoms. The monoisotopic (exact) mass is 324 g/mol. The van der Waals surface area contributed by atoms with Crippen LogP contribution < -0.4 is 0 Å². The molecule has 0 saturated carbocycles. The lowest BCUT2D eigenvalue weighted by Gasteiger charge is -2.44. The number of aliphatic hydroxyl groups is 1. The number of halogens is 1. The summed E-state index contributed by atoms with van der Waals surface area (Å²) < 4.78 is 0. The van der Waals surface area contributed by atoms with Crippen LogP contribution in [-0.4, -0.2) is 53.7 Å². The second kappa shape index (κ2) is 7.78. The summed E-state index contributed by atoms with van der Waals surface area (Å²) in [6.07, 6.45) is 0.849. The zero-order chi connectivity index (χ0) is 16.2. The van der Waals surface area contributed by atoms with Crippen LogP contribution in [0.4, 0.5) is 0 Å². The number of aliphatic hydroxyl groups excluding tert-OH is 1. The second-order valence-electron chi connectivity index (χ2n) is 7.56. The molecule has 1 aliphatic rings. The Morgan fingerprint density at radius 3 is 2.68 bits per heavy atom. The van der Waals surface area contributed by atoms with Crippen molar-refractivity contribution in [2.75, 3.05) is 32.8 Å². The first-order valence-electron chi connectivity index (χ1n) is 8.19. The summed E-state index contributed by atoms with van der Waals surface area (Å²) in [7, 11) is 0. The van der Waals surface area contributed by atoms with Crippen LogP contribution in [0.2, 0.25) is 5.02 Å². The quantitative estimate of drug-likeness (QED) is 0.900. The fourth-order valence-corrected chi connectivity index (χ4v) is 3.45. The number of nitrogens with zero attached hydrogens (tertiary/aromatic N) is 2. The van der Waals surface area contributed by atoms with E-state index >= 15 is 0 Å². The minimum Gasteiger partial charge on any atom is -0.396 e. The van der Waals surface area contributed by atoms with Crippen LogP contribution in [0.1, 0.15) is 32.8 Å². The van der Waals surface area contributed by atoms with Crippen LogP contribution in [0.25, 0.3) is 0 Å². The molecule has 0 radical (unpaired) electrons. The maximum Gasteiger partial charge on any atom is 0.0446 e. The standard InChI is InChI=1S/C18H29ClN2O/c1-18(2,3)14-21-9-8-20(13-17(21)7-10-22)12-15-5-4-6-16(19)11-15/h4-6,11,17,22H,7-10,12-14H2,1-3H3/t17-/m0/s1. The van der Waals surface area contributed by atoms with Crippen molar-refractivity contribution in [2.45, 2.75) is 39.8 Å². The van der Waals surface area contributed by atoms with Crippen molar-refractivity contribution >= 4 is 11.6 Å². The zero-order valence-corrected chi connectivity index (χ0v) is 14.8. The fraction of sp³-hybridized carbons (Fsp3) is 0.667. The van der Waals surface area contributed by atoms with Gasteiger partial charge in [0.25, 0.3) is 0 Å². The maximum atomic E-state index is 9.38. The Labute approximate surface area is 139 Å². The van der Waals surface area contributed by atoms with Crippen LogP contribution in [0.15, 0.2) is 24.3 Å². The van der Waals surface area contributed by atoms with E-state index in [2.05, 4.69) is 36.6 Å². The fourth-order valence-electron chi connectivity index (χ4n) is 3.23. The molecule has 1 fully saturated rings. The van der Waals surface area contributed by atoms with Crippen molar-refractivity contribution in [3.05, 3.63) is 34.9 Å². The molecular weight excluding hydrogens is 296 g/mol. The van der Waals surface area contributed by atoms with Gasteiger partial charge in [0.15, 0.2) is 0 Å². The highest BCUT2D eigenvalue weighted by molar-refractivity contribution is 6.30. The molecule has 124 valence electrons. The second-order valence-corrected chi connectivity index (χ2v) is 8.00. The van der Waals surface area contributed by atoms with Crippen LogP contribution in [0.5, 0.6) is 0 Å². The summed E-state index contributed by atoms with van der Waals surface area (Å²) in [5.41, 5.74) is 1.56. The highest BCUT2D eigenvalue weighted by Gasteiger charge is 2.29. The molecular formula is C18H29ClN2O. The molecule has 0 unspecified atom stereocenters. The summed E-state index contributed by atoms with van der Waals surface area (Å²) >= 11 is 6.08.